The first-order chi connectivity index (χ1) is 16.0. The Morgan fingerprint density at radius 3 is 2.39 bits per heavy atom. The van der Waals surface area contributed by atoms with E-state index in [1.807, 2.05) is 24.3 Å². The summed E-state index contributed by atoms with van der Waals surface area (Å²) in [7, 11) is 0. The number of benzene rings is 2. The number of carbonyl (C=O) groups excluding carboxylic acids is 2. The summed E-state index contributed by atoms with van der Waals surface area (Å²) in [6, 6.07) is 17.8. The Balaban J connectivity index is 1.16. The fraction of sp³-hybridized carbons (Fsp3) is 0.240. The topological polar surface area (TPSA) is 95.9 Å². The van der Waals surface area contributed by atoms with E-state index in [4.69, 9.17) is 9.84 Å². The van der Waals surface area contributed by atoms with Crippen LogP contribution in [-0.4, -0.2) is 47.7 Å². The van der Waals surface area contributed by atoms with Gasteiger partial charge in [-0.05, 0) is 40.3 Å². The Kier molecular flexibility index (Phi) is 5.60. The average Bonchev–Trinajstić information content (AvgIpc) is 3.40. The monoisotopic (exact) mass is 462 g/mol. The zero-order valence-corrected chi connectivity index (χ0v) is 18.6. The van der Waals surface area contributed by atoms with E-state index in [1.54, 1.807) is 11.0 Å². The molecule has 8 heteroatoms. The van der Waals surface area contributed by atoms with Crippen LogP contribution in [0.2, 0.25) is 0 Å². The van der Waals surface area contributed by atoms with Crippen LogP contribution in [0.1, 0.15) is 37.2 Å². The van der Waals surface area contributed by atoms with Crippen LogP contribution < -0.4 is 5.32 Å². The van der Waals surface area contributed by atoms with Gasteiger partial charge >= 0.3 is 12.1 Å². The first-order valence-corrected chi connectivity index (χ1v) is 11.5. The number of rotatable bonds is 5. The number of carbonyl (C=O) groups is 3. The zero-order chi connectivity index (χ0) is 22.9. The van der Waals surface area contributed by atoms with Gasteiger partial charge in [0.25, 0.3) is 0 Å². The predicted molar refractivity (Wildman–Crippen MR) is 123 cm³/mol. The van der Waals surface area contributed by atoms with Crippen molar-refractivity contribution in [2.24, 2.45) is 0 Å². The number of alkyl carbamates (subject to hydrolysis) is 1. The molecule has 0 bridgehead atoms. The highest BCUT2D eigenvalue weighted by Gasteiger charge is 2.29. The molecule has 0 unspecified atom stereocenters. The number of thiophene rings is 1. The molecule has 33 heavy (non-hydrogen) atoms. The molecule has 2 amide bonds. The minimum Gasteiger partial charge on any atom is -0.477 e. The van der Waals surface area contributed by atoms with E-state index in [-0.39, 0.29) is 29.9 Å². The highest BCUT2D eigenvalue weighted by molar-refractivity contribution is 7.14. The molecule has 1 aromatic heterocycles. The third kappa shape index (κ3) is 4.09. The van der Waals surface area contributed by atoms with Gasteiger partial charge in [-0.3, -0.25) is 4.79 Å². The maximum Gasteiger partial charge on any atom is 0.407 e. The quantitative estimate of drug-likeness (QED) is 0.600. The first-order valence-electron chi connectivity index (χ1n) is 10.7. The smallest absolute Gasteiger partial charge is 0.407 e. The van der Waals surface area contributed by atoms with Gasteiger partial charge in [-0.2, -0.15) is 0 Å². The minimum atomic E-state index is -0.954. The Bertz CT molecular complexity index is 1210. The second kappa shape index (κ2) is 8.71. The lowest BCUT2D eigenvalue weighted by atomic mass is 9.98. The van der Waals surface area contributed by atoms with E-state index in [9.17, 15) is 14.4 Å². The van der Waals surface area contributed by atoms with Gasteiger partial charge in [-0.1, -0.05) is 48.5 Å². The van der Waals surface area contributed by atoms with Crippen LogP contribution in [0.25, 0.3) is 11.1 Å². The standard InChI is InChI=1S/C25H22N2O5S/c28-23(27-10-9-21-15(13-27)11-22(33-21)24(29)30)12-26-25(31)32-14-20-18-7-3-1-5-16(18)17-6-2-4-8-19(17)20/h1-8,11,20H,9-10,12-14H2,(H,26,31)(H,29,30). The number of carboxylic acids is 1. The van der Waals surface area contributed by atoms with Gasteiger partial charge in [0.05, 0.1) is 0 Å². The van der Waals surface area contributed by atoms with Crippen LogP contribution in [0.5, 0.6) is 0 Å². The Hall–Kier alpha value is -3.65. The molecule has 0 saturated heterocycles. The lowest BCUT2D eigenvalue weighted by Gasteiger charge is -2.27. The molecule has 1 aliphatic carbocycles. The molecule has 0 fully saturated rings. The molecule has 3 aromatic rings. The van der Waals surface area contributed by atoms with Crippen LogP contribution in [0.4, 0.5) is 4.79 Å². The summed E-state index contributed by atoms with van der Waals surface area (Å²) in [6.07, 6.45) is -0.0177. The van der Waals surface area contributed by atoms with Crippen LogP contribution in [0, 0.1) is 0 Å². The van der Waals surface area contributed by atoms with Crippen molar-refractivity contribution >= 4 is 29.3 Å². The molecule has 0 atom stereocenters. The number of hydrogen-bond acceptors (Lipinski definition) is 5. The van der Waals surface area contributed by atoms with Crippen molar-refractivity contribution in [1.29, 1.82) is 0 Å². The SMILES string of the molecule is O=C(NCC(=O)N1CCc2sc(C(=O)O)cc2C1)OCC1c2ccccc2-c2ccccc21. The van der Waals surface area contributed by atoms with Gasteiger partial charge < -0.3 is 20.1 Å². The summed E-state index contributed by atoms with van der Waals surface area (Å²) in [6.45, 7) is 0.873. The van der Waals surface area contributed by atoms with E-state index < -0.39 is 12.1 Å². The molecule has 2 aromatic carbocycles. The second-order valence-electron chi connectivity index (χ2n) is 8.11. The molecular weight excluding hydrogens is 440 g/mol. The van der Waals surface area contributed by atoms with E-state index in [0.29, 0.717) is 19.5 Å². The third-order valence-electron chi connectivity index (χ3n) is 6.16. The zero-order valence-electron chi connectivity index (χ0n) is 17.7. The van der Waals surface area contributed by atoms with Crippen molar-refractivity contribution in [2.75, 3.05) is 19.7 Å². The number of amides is 2. The van der Waals surface area contributed by atoms with E-state index in [1.165, 1.54) is 11.3 Å². The van der Waals surface area contributed by atoms with Crippen molar-refractivity contribution in [3.63, 3.8) is 0 Å². The molecular formula is C25H22N2O5S. The van der Waals surface area contributed by atoms with Crippen molar-refractivity contribution in [3.05, 3.63) is 81.0 Å². The number of fused-ring (bicyclic) bond motifs is 4. The summed E-state index contributed by atoms with van der Waals surface area (Å²) in [4.78, 5) is 39.0. The summed E-state index contributed by atoms with van der Waals surface area (Å²) in [5, 5.41) is 11.7. The van der Waals surface area contributed by atoms with E-state index in [0.717, 1.165) is 32.7 Å². The predicted octanol–water partition coefficient (Wildman–Crippen LogP) is 3.87. The first kappa shape index (κ1) is 21.2. The summed E-state index contributed by atoms with van der Waals surface area (Å²) in [5.41, 5.74) is 5.42. The number of nitrogens with zero attached hydrogens (tertiary/aromatic N) is 1. The molecule has 2 aliphatic rings. The van der Waals surface area contributed by atoms with Crippen molar-refractivity contribution in [2.45, 2.75) is 18.9 Å². The van der Waals surface area contributed by atoms with Crippen LogP contribution >= 0.6 is 11.3 Å². The van der Waals surface area contributed by atoms with Crippen LogP contribution in [0.15, 0.2) is 54.6 Å². The van der Waals surface area contributed by atoms with Crippen molar-refractivity contribution in [3.8, 4) is 11.1 Å². The Morgan fingerprint density at radius 2 is 1.73 bits per heavy atom. The lowest BCUT2D eigenvalue weighted by molar-refractivity contribution is -0.131. The minimum absolute atomic E-state index is 0.0404. The molecule has 5 rings (SSSR count). The third-order valence-corrected chi connectivity index (χ3v) is 7.38. The molecule has 168 valence electrons. The second-order valence-corrected chi connectivity index (χ2v) is 9.25. The lowest BCUT2D eigenvalue weighted by Crippen LogP contribution is -2.42. The van der Waals surface area contributed by atoms with Gasteiger partial charge in [0, 0.05) is 23.9 Å². The molecule has 2 heterocycles. The Morgan fingerprint density at radius 1 is 1.06 bits per heavy atom. The number of nitrogens with one attached hydrogen (secondary N) is 1. The maximum absolute atomic E-state index is 12.6. The van der Waals surface area contributed by atoms with Gasteiger partial charge in [-0.15, -0.1) is 11.3 Å². The number of aromatic carboxylic acids is 1. The van der Waals surface area contributed by atoms with Crippen molar-refractivity contribution < 1.29 is 24.2 Å². The summed E-state index contributed by atoms with van der Waals surface area (Å²) >= 11 is 1.26. The molecule has 7 nitrogen and oxygen atoms in total. The highest BCUT2D eigenvalue weighted by atomic mass is 32.1. The van der Waals surface area contributed by atoms with Crippen LogP contribution in [0.3, 0.4) is 0 Å². The van der Waals surface area contributed by atoms with Gasteiger partial charge in [-0.25, -0.2) is 9.59 Å². The summed E-state index contributed by atoms with van der Waals surface area (Å²) in [5.74, 6) is -1.22. The Labute approximate surface area is 194 Å². The molecule has 2 N–H and O–H groups in total. The van der Waals surface area contributed by atoms with E-state index >= 15 is 0 Å². The molecule has 1 aliphatic heterocycles. The largest absolute Gasteiger partial charge is 0.477 e. The average molecular weight is 463 g/mol. The fourth-order valence-corrected chi connectivity index (χ4v) is 5.56. The van der Waals surface area contributed by atoms with Gasteiger partial charge in [0.15, 0.2) is 0 Å². The van der Waals surface area contributed by atoms with Crippen molar-refractivity contribution in [1.82, 2.24) is 10.2 Å². The van der Waals surface area contributed by atoms with Crippen LogP contribution in [-0.2, 0) is 22.5 Å². The normalized spacial score (nSPS) is 14.2. The molecule has 0 radical (unpaired) electrons. The highest BCUT2D eigenvalue weighted by Crippen LogP contribution is 2.44. The van der Waals surface area contributed by atoms with Gasteiger partial charge in [0.1, 0.15) is 18.0 Å². The number of hydrogen-bond donors (Lipinski definition) is 2. The fourth-order valence-electron chi connectivity index (χ4n) is 4.56. The number of carboxylic acid groups (broad SMARTS) is 1. The number of ether oxygens (including phenoxy) is 1. The molecule has 0 saturated carbocycles. The van der Waals surface area contributed by atoms with Gasteiger partial charge in [0.2, 0.25) is 5.91 Å². The summed E-state index contributed by atoms with van der Waals surface area (Å²) < 4.78 is 5.48. The molecule has 0 spiro atoms. The van der Waals surface area contributed by atoms with E-state index in [2.05, 4.69) is 29.6 Å². The maximum atomic E-state index is 12.6.